The summed E-state index contributed by atoms with van der Waals surface area (Å²) in [5.41, 5.74) is 0.689. The maximum absolute atomic E-state index is 12.8. The lowest BCUT2D eigenvalue weighted by molar-refractivity contribution is 0.0380. The van der Waals surface area contributed by atoms with Crippen molar-refractivity contribution < 1.29 is 18.7 Å². The van der Waals surface area contributed by atoms with Gasteiger partial charge in [-0.25, -0.2) is 4.79 Å². The van der Waals surface area contributed by atoms with Gasteiger partial charge in [0, 0.05) is 32.3 Å². The first-order valence-corrected chi connectivity index (χ1v) is 8.30. The van der Waals surface area contributed by atoms with Crippen molar-refractivity contribution in [2.45, 2.75) is 31.7 Å². The number of esters is 1. The van der Waals surface area contributed by atoms with Crippen LogP contribution in [0.4, 0.5) is 0 Å². The Bertz CT molecular complexity index is 690. The molecule has 0 aliphatic carbocycles. The number of hydrogen-bond donors (Lipinski definition) is 0. The number of aromatic nitrogens is 1. The Morgan fingerprint density at radius 2 is 2.17 bits per heavy atom. The predicted molar refractivity (Wildman–Crippen MR) is 87.7 cm³/mol. The first-order valence-electron chi connectivity index (χ1n) is 8.30. The zero-order valence-corrected chi connectivity index (χ0v) is 13.8. The van der Waals surface area contributed by atoms with Crippen LogP contribution >= 0.6 is 0 Å². The van der Waals surface area contributed by atoms with Crippen molar-refractivity contribution in [2.24, 2.45) is 7.05 Å². The Kier molecular flexibility index (Phi) is 5.03. The average molecular weight is 330 g/mol. The Morgan fingerprint density at radius 3 is 2.88 bits per heavy atom. The SMILES string of the molecule is Cn1cccc1C(=O)N1CCCC[C@H]1CCOC(=O)c1ccco1. The minimum atomic E-state index is -0.462. The molecule has 0 spiro atoms. The van der Waals surface area contributed by atoms with Gasteiger partial charge < -0.3 is 18.6 Å². The van der Waals surface area contributed by atoms with Crippen molar-refractivity contribution in [1.82, 2.24) is 9.47 Å². The Balaban J connectivity index is 1.57. The number of amides is 1. The second-order valence-corrected chi connectivity index (χ2v) is 6.05. The smallest absolute Gasteiger partial charge is 0.374 e. The molecular formula is C18H22N2O4. The molecular weight excluding hydrogens is 308 g/mol. The second kappa shape index (κ2) is 7.38. The molecule has 1 fully saturated rings. The maximum atomic E-state index is 12.8. The van der Waals surface area contributed by atoms with Crippen LogP contribution in [0.2, 0.25) is 0 Å². The van der Waals surface area contributed by atoms with Gasteiger partial charge in [-0.15, -0.1) is 0 Å². The van der Waals surface area contributed by atoms with Gasteiger partial charge in [-0.05, 0) is 43.5 Å². The van der Waals surface area contributed by atoms with Crippen LogP contribution in [0.15, 0.2) is 41.1 Å². The Hall–Kier alpha value is -2.50. The normalized spacial score (nSPS) is 17.7. The number of piperidine rings is 1. The number of hydrogen-bond acceptors (Lipinski definition) is 4. The van der Waals surface area contributed by atoms with Gasteiger partial charge in [-0.1, -0.05) is 0 Å². The van der Waals surface area contributed by atoms with Gasteiger partial charge in [-0.2, -0.15) is 0 Å². The minimum absolute atomic E-state index is 0.0459. The molecule has 1 amide bonds. The minimum Gasteiger partial charge on any atom is -0.460 e. The first-order chi connectivity index (χ1) is 11.7. The highest BCUT2D eigenvalue weighted by atomic mass is 16.5. The van der Waals surface area contributed by atoms with Crippen LogP contribution in [-0.2, 0) is 11.8 Å². The molecule has 1 saturated heterocycles. The number of ether oxygens (including phenoxy) is 1. The summed E-state index contributed by atoms with van der Waals surface area (Å²) in [6.07, 6.45) is 7.00. The number of aryl methyl sites for hydroxylation is 1. The number of nitrogens with zero attached hydrogens (tertiary/aromatic N) is 2. The van der Waals surface area contributed by atoms with E-state index < -0.39 is 5.97 Å². The molecule has 0 aromatic carbocycles. The molecule has 3 rings (SSSR count). The van der Waals surface area contributed by atoms with Gasteiger partial charge in [0.25, 0.3) is 5.91 Å². The summed E-state index contributed by atoms with van der Waals surface area (Å²) in [6, 6.07) is 7.04. The van der Waals surface area contributed by atoms with E-state index >= 15 is 0 Å². The first kappa shape index (κ1) is 16.4. The van der Waals surface area contributed by atoms with Gasteiger partial charge >= 0.3 is 5.97 Å². The predicted octanol–water partition coefficient (Wildman–Crippen LogP) is 2.86. The topological polar surface area (TPSA) is 64.7 Å². The average Bonchev–Trinajstić information content (AvgIpc) is 3.26. The third-order valence-electron chi connectivity index (χ3n) is 4.46. The van der Waals surface area contributed by atoms with E-state index in [-0.39, 0.29) is 24.3 Å². The number of carbonyl (C=O) groups is 2. The van der Waals surface area contributed by atoms with Gasteiger partial charge in [0.1, 0.15) is 5.69 Å². The summed E-state index contributed by atoms with van der Waals surface area (Å²) in [7, 11) is 1.87. The molecule has 0 unspecified atom stereocenters. The molecule has 6 nitrogen and oxygen atoms in total. The van der Waals surface area contributed by atoms with Gasteiger partial charge in [0.05, 0.1) is 12.9 Å². The lowest BCUT2D eigenvalue weighted by Crippen LogP contribution is -2.44. The van der Waals surface area contributed by atoms with Crippen LogP contribution < -0.4 is 0 Å². The molecule has 1 aliphatic rings. The van der Waals surface area contributed by atoms with Crippen molar-refractivity contribution in [2.75, 3.05) is 13.2 Å². The number of rotatable bonds is 5. The molecule has 24 heavy (non-hydrogen) atoms. The van der Waals surface area contributed by atoms with E-state index in [0.29, 0.717) is 12.1 Å². The lowest BCUT2D eigenvalue weighted by Gasteiger charge is -2.35. The second-order valence-electron chi connectivity index (χ2n) is 6.05. The highest BCUT2D eigenvalue weighted by Gasteiger charge is 2.28. The molecule has 1 aliphatic heterocycles. The molecule has 0 bridgehead atoms. The molecule has 6 heteroatoms. The highest BCUT2D eigenvalue weighted by molar-refractivity contribution is 5.93. The molecule has 1 atom stereocenters. The largest absolute Gasteiger partial charge is 0.460 e. The number of furan rings is 1. The van der Waals surface area contributed by atoms with Crippen molar-refractivity contribution in [3.8, 4) is 0 Å². The fourth-order valence-electron chi connectivity index (χ4n) is 3.15. The summed E-state index contributed by atoms with van der Waals surface area (Å²) >= 11 is 0. The lowest BCUT2D eigenvalue weighted by atomic mass is 9.99. The van der Waals surface area contributed by atoms with Crippen LogP contribution in [0.3, 0.4) is 0 Å². The Morgan fingerprint density at radius 1 is 1.29 bits per heavy atom. The quantitative estimate of drug-likeness (QED) is 0.791. The standard InChI is InChI=1S/C18H22N2O4/c1-19-10-4-7-15(19)17(21)20-11-3-2-6-14(20)9-13-24-18(22)16-8-5-12-23-16/h4-5,7-8,10,12,14H,2-3,6,9,11,13H2,1H3/t14-/m0/s1. The molecule has 3 heterocycles. The fraction of sp³-hybridized carbons (Fsp3) is 0.444. The highest BCUT2D eigenvalue weighted by Crippen LogP contribution is 2.22. The molecule has 128 valence electrons. The van der Waals surface area contributed by atoms with E-state index in [1.54, 1.807) is 12.1 Å². The zero-order valence-electron chi connectivity index (χ0n) is 13.8. The van der Waals surface area contributed by atoms with E-state index in [0.717, 1.165) is 25.8 Å². The van der Waals surface area contributed by atoms with Crippen molar-refractivity contribution in [3.63, 3.8) is 0 Å². The molecule has 2 aromatic rings. The third-order valence-corrected chi connectivity index (χ3v) is 4.46. The molecule has 2 aromatic heterocycles. The van der Waals surface area contributed by atoms with Crippen LogP contribution in [0.1, 0.15) is 46.7 Å². The van der Waals surface area contributed by atoms with Crippen LogP contribution in [0, 0.1) is 0 Å². The zero-order chi connectivity index (χ0) is 16.9. The van der Waals surface area contributed by atoms with E-state index in [9.17, 15) is 9.59 Å². The molecule has 0 saturated carbocycles. The van der Waals surface area contributed by atoms with Gasteiger partial charge in [-0.3, -0.25) is 4.79 Å². The summed E-state index contributed by atoms with van der Waals surface area (Å²) < 4.78 is 12.1. The number of carbonyl (C=O) groups excluding carboxylic acids is 2. The van der Waals surface area contributed by atoms with E-state index in [4.69, 9.17) is 9.15 Å². The number of likely N-dealkylation sites (tertiary alicyclic amines) is 1. The summed E-state index contributed by atoms with van der Waals surface area (Å²) in [5.74, 6) is -0.212. The fourth-order valence-corrected chi connectivity index (χ4v) is 3.15. The van der Waals surface area contributed by atoms with Crippen molar-refractivity contribution >= 4 is 11.9 Å². The van der Waals surface area contributed by atoms with E-state index in [2.05, 4.69) is 0 Å². The summed E-state index contributed by atoms with van der Waals surface area (Å²) in [5, 5.41) is 0. The van der Waals surface area contributed by atoms with E-state index in [1.807, 2.05) is 34.8 Å². The third kappa shape index (κ3) is 3.53. The van der Waals surface area contributed by atoms with Crippen molar-refractivity contribution in [1.29, 1.82) is 0 Å². The van der Waals surface area contributed by atoms with E-state index in [1.165, 1.54) is 6.26 Å². The van der Waals surface area contributed by atoms with Gasteiger partial charge in [0.2, 0.25) is 5.76 Å². The summed E-state index contributed by atoms with van der Waals surface area (Å²) in [4.78, 5) is 26.5. The van der Waals surface area contributed by atoms with Crippen LogP contribution in [0.5, 0.6) is 0 Å². The van der Waals surface area contributed by atoms with Gasteiger partial charge in [0.15, 0.2) is 0 Å². The molecule has 0 radical (unpaired) electrons. The van der Waals surface area contributed by atoms with Crippen LogP contribution in [-0.4, -0.2) is 40.5 Å². The maximum Gasteiger partial charge on any atom is 0.374 e. The molecule has 0 N–H and O–H groups in total. The monoisotopic (exact) mass is 330 g/mol. The Labute approximate surface area is 141 Å². The van der Waals surface area contributed by atoms with Crippen LogP contribution in [0.25, 0.3) is 0 Å². The summed E-state index contributed by atoms with van der Waals surface area (Å²) in [6.45, 7) is 1.03. The van der Waals surface area contributed by atoms with Crippen molar-refractivity contribution in [3.05, 3.63) is 48.2 Å².